The van der Waals surface area contributed by atoms with Crippen molar-refractivity contribution in [2.75, 3.05) is 0 Å². The Morgan fingerprint density at radius 3 is 2.50 bits per heavy atom. The highest BCUT2D eigenvalue weighted by atomic mass is 16.4. The number of aliphatic carboxylic acids is 1. The minimum Gasteiger partial charge on any atom is -0.480 e. The summed E-state index contributed by atoms with van der Waals surface area (Å²) >= 11 is 0. The molecule has 0 aromatic heterocycles. The topological polar surface area (TPSA) is 78.4 Å². The van der Waals surface area contributed by atoms with Gasteiger partial charge in [0, 0.05) is 6.54 Å². The summed E-state index contributed by atoms with van der Waals surface area (Å²) in [6.45, 7) is 7.55. The van der Waals surface area contributed by atoms with Gasteiger partial charge in [-0.3, -0.25) is 0 Å². The number of carboxylic acid groups (broad SMARTS) is 1. The Morgan fingerprint density at radius 2 is 1.95 bits per heavy atom. The van der Waals surface area contributed by atoms with Crippen LogP contribution in [0.5, 0.6) is 0 Å². The number of nitrogens with one attached hydrogen (secondary N) is 2. The Bertz CT molecular complexity index is 514. The van der Waals surface area contributed by atoms with E-state index >= 15 is 0 Å². The molecule has 1 rings (SSSR count). The molecule has 110 valence electrons. The van der Waals surface area contributed by atoms with Gasteiger partial charge in [0.1, 0.15) is 5.54 Å². The fraction of sp³-hybridized carbons (Fsp3) is 0.467. The van der Waals surface area contributed by atoms with E-state index in [1.165, 1.54) is 6.92 Å². The van der Waals surface area contributed by atoms with Crippen LogP contribution in [0.25, 0.3) is 0 Å². The number of hydrogen-bond acceptors (Lipinski definition) is 2. The molecular formula is C15H22N2O3. The molecule has 0 aliphatic rings. The van der Waals surface area contributed by atoms with Gasteiger partial charge in [-0.05, 0) is 38.3 Å². The number of hydrogen-bond donors (Lipinski definition) is 3. The highest BCUT2D eigenvalue weighted by Gasteiger charge is 2.32. The molecule has 20 heavy (non-hydrogen) atoms. The van der Waals surface area contributed by atoms with Gasteiger partial charge >= 0.3 is 12.0 Å². The minimum absolute atomic E-state index is 0.319. The van der Waals surface area contributed by atoms with Gasteiger partial charge in [0.25, 0.3) is 0 Å². The van der Waals surface area contributed by atoms with Gasteiger partial charge in [-0.1, -0.05) is 30.7 Å². The maximum Gasteiger partial charge on any atom is 0.329 e. The molecule has 3 N–H and O–H groups in total. The molecule has 1 aromatic carbocycles. The highest BCUT2D eigenvalue weighted by Crippen LogP contribution is 2.11. The van der Waals surface area contributed by atoms with Crippen molar-refractivity contribution >= 4 is 12.0 Å². The lowest BCUT2D eigenvalue weighted by Gasteiger charge is -2.24. The highest BCUT2D eigenvalue weighted by molar-refractivity contribution is 5.85. The molecule has 1 atom stereocenters. The van der Waals surface area contributed by atoms with Crippen LogP contribution in [0.4, 0.5) is 4.79 Å². The van der Waals surface area contributed by atoms with E-state index in [0.717, 1.165) is 16.7 Å². The second-order valence-corrected chi connectivity index (χ2v) is 5.23. The van der Waals surface area contributed by atoms with Crippen LogP contribution < -0.4 is 10.6 Å². The molecular weight excluding hydrogens is 256 g/mol. The van der Waals surface area contributed by atoms with Gasteiger partial charge in [0.2, 0.25) is 0 Å². The van der Waals surface area contributed by atoms with Crippen molar-refractivity contribution in [1.29, 1.82) is 0 Å². The zero-order valence-corrected chi connectivity index (χ0v) is 12.4. The fourth-order valence-electron chi connectivity index (χ4n) is 1.75. The van der Waals surface area contributed by atoms with Crippen molar-refractivity contribution in [3.8, 4) is 0 Å². The molecule has 0 saturated heterocycles. The number of urea groups is 1. The van der Waals surface area contributed by atoms with Crippen molar-refractivity contribution in [2.24, 2.45) is 0 Å². The average molecular weight is 278 g/mol. The summed E-state index contributed by atoms with van der Waals surface area (Å²) in [6.07, 6.45) is 0.319. The summed E-state index contributed by atoms with van der Waals surface area (Å²) in [7, 11) is 0. The van der Waals surface area contributed by atoms with Crippen molar-refractivity contribution in [2.45, 2.75) is 46.2 Å². The van der Waals surface area contributed by atoms with E-state index in [9.17, 15) is 9.59 Å². The third-order valence-electron chi connectivity index (χ3n) is 3.51. The summed E-state index contributed by atoms with van der Waals surface area (Å²) in [5, 5.41) is 14.3. The summed E-state index contributed by atoms with van der Waals surface area (Å²) in [4.78, 5) is 22.9. The van der Waals surface area contributed by atoms with E-state index in [4.69, 9.17) is 5.11 Å². The summed E-state index contributed by atoms with van der Waals surface area (Å²) in [6, 6.07) is 5.54. The lowest BCUT2D eigenvalue weighted by molar-refractivity contribution is -0.143. The predicted octanol–water partition coefficient (Wildman–Crippen LogP) is 2.36. The quantitative estimate of drug-likeness (QED) is 0.773. The Kier molecular flexibility index (Phi) is 5.13. The molecule has 0 radical (unpaired) electrons. The first-order chi connectivity index (χ1) is 9.28. The summed E-state index contributed by atoms with van der Waals surface area (Å²) in [5.74, 6) is -1.04. The lowest BCUT2D eigenvalue weighted by Crippen LogP contribution is -2.54. The zero-order chi connectivity index (χ0) is 15.3. The Balaban J connectivity index is 2.64. The van der Waals surface area contributed by atoms with E-state index in [1.54, 1.807) is 6.92 Å². The number of benzene rings is 1. The number of aryl methyl sites for hydroxylation is 2. The van der Waals surface area contributed by atoms with Crippen LogP contribution >= 0.6 is 0 Å². The third kappa shape index (κ3) is 3.98. The molecule has 0 aliphatic heterocycles. The van der Waals surface area contributed by atoms with Gasteiger partial charge in [0.15, 0.2) is 0 Å². The normalized spacial score (nSPS) is 13.4. The van der Waals surface area contributed by atoms with E-state index in [-0.39, 0.29) is 0 Å². The average Bonchev–Trinajstić information content (AvgIpc) is 2.39. The number of carbonyl (C=O) groups excluding carboxylic acids is 1. The Labute approximate surface area is 119 Å². The van der Waals surface area contributed by atoms with E-state index in [1.807, 2.05) is 32.0 Å². The van der Waals surface area contributed by atoms with Crippen LogP contribution in [0.1, 0.15) is 37.0 Å². The number of carbonyl (C=O) groups is 2. The number of amides is 2. The first kappa shape index (κ1) is 16.0. The van der Waals surface area contributed by atoms with Crippen LogP contribution in [0.2, 0.25) is 0 Å². The van der Waals surface area contributed by atoms with Crippen LogP contribution in [0.15, 0.2) is 18.2 Å². The Hall–Kier alpha value is -2.04. The summed E-state index contributed by atoms with van der Waals surface area (Å²) in [5.41, 5.74) is 1.99. The molecule has 0 heterocycles. The standard InChI is InChI=1S/C15H22N2O3/c1-5-15(4,13(18)19)17-14(20)16-9-12-8-10(2)6-7-11(12)3/h6-8H,5,9H2,1-4H3,(H,18,19)(H2,16,17,20). The first-order valence-corrected chi connectivity index (χ1v) is 6.64. The first-order valence-electron chi connectivity index (χ1n) is 6.64. The molecule has 5 nitrogen and oxygen atoms in total. The monoisotopic (exact) mass is 278 g/mol. The number of carboxylic acids is 1. The largest absolute Gasteiger partial charge is 0.480 e. The van der Waals surface area contributed by atoms with E-state index < -0.39 is 17.5 Å². The van der Waals surface area contributed by atoms with Crippen LogP contribution in [-0.2, 0) is 11.3 Å². The van der Waals surface area contributed by atoms with E-state index in [2.05, 4.69) is 10.6 Å². The maximum atomic E-state index is 11.8. The fourth-order valence-corrected chi connectivity index (χ4v) is 1.75. The van der Waals surface area contributed by atoms with Gasteiger partial charge in [-0.25, -0.2) is 9.59 Å². The van der Waals surface area contributed by atoms with Crippen molar-refractivity contribution in [3.63, 3.8) is 0 Å². The van der Waals surface area contributed by atoms with Crippen LogP contribution in [-0.4, -0.2) is 22.6 Å². The molecule has 5 heteroatoms. The molecule has 0 aliphatic carbocycles. The number of rotatable bonds is 5. The minimum atomic E-state index is -1.24. The second kappa shape index (κ2) is 6.41. The van der Waals surface area contributed by atoms with Crippen molar-refractivity contribution < 1.29 is 14.7 Å². The third-order valence-corrected chi connectivity index (χ3v) is 3.51. The van der Waals surface area contributed by atoms with Gasteiger partial charge in [-0.15, -0.1) is 0 Å². The summed E-state index contributed by atoms with van der Waals surface area (Å²) < 4.78 is 0. The van der Waals surface area contributed by atoms with Crippen LogP contribution in [0.3, 0.4) is 0 Å². The lowest BCUT2D eigenvalue weighted by atomic mass is 10.00. The SMILES string of the molecule is CCC(C)(NC(=O)NCc1cc(C)ccc1C)C(=O)O. The smallest absolute Gasteiger partial charge is 0.329 e. The van der Waals surface area contributed by atoms with Crippen LogP contribution in [0, 0.1) is 13.8 Å². The molecule has 2 amide bonds. The van der Waals surface area contributed by atoms with E-state index in [0.29, 0.717) is 13.0 Å². The van der Waals surface area contributed by atoms with Crippen molar-refractivity contribution in [1.82, 2.24) is 10.6 Å². The maximum absolute atomic E-state index is 11.8. The second-order valence-electron chi connectivity index (χ2n) is 5.23. The van der Waals surface area contributed by atoms with Gasteiger partial charge in [-0.2, -0.15) is 0 Å². The van der Waals surface area contributed by atoms with Gasteiger partial charge in [0.05, 0.1) is 0 Å². The molecule has 1 aromatic rings. The molecule has 0 fully saturated rings. The Morgan fingerprint density at radius 1 is 1.30 bits per heavy atom. The molecule has 0 saturated carbocycles. The molecule has 0 spiro atoms. The predicted molar refractivity (Wildman–Crippen MR) is 77.6 cm³/mol. The molecule has 0 bridgehead atoms. The molecule has 1 unspecified atom stereocenters. The van der Waals surface area contributed by atoms with Gasteiger partial charge < -0.3 is 15.7 Å². The zero-order valence-electron chi connectivity index (χ0n) is 12.4. The van der Waals surface area contributed by atoms with Crippen molar-refractivity contribution in [3.05, 3.63) is 34.9 Å².